The minimum absolute atomic E-state index is 0.00461. The Morgan fingerprint density at radius 3 is 2.35 bits per heavy atom. The Balaban J connectivity index is 1.66. The number of nitrogens with zero attached hydrogens (tertiary/aromatic N) is 2. The van der Waals surface area contributed by atoms with Crippen LogP contribution in [0.25, 0.3) is 11.3 Å². The third-order valence-electron chi connectivity index (χ3n) is 4.65. The van der Waals surface area contributed by atoms with Gasteiger partial charge in [-0.25, -0.2) is 17.2 Å². The number of carbonyl (C=O) groups is 1. The predicted molar refractivity (Wildman–Crippen MR) is 110 cm³/mol. The van der Waals surface area contributed by atoms with E-state index in [0.29, 0.717) is 18.8 Å². The molecule has 0 bridgehead atoms. The fourth-order valence-corrected chi connectivity index (χ4v) is 4.43. The molecule has 1 amide bonds. The van der Waals surface area contributed by atoms with Gasteiger partial charge in [-0.05, 0) is 36.4 Å². The molecular weight excluding hydrogens is 428 g/mol. The second-order valence-electron chi connectivity index (χ2n) is 6.60. The minimum Gasteiger partial charge on any atom is -0.356 e. The molecule has 10 heteroatoms. The molecule has 31 heavy (non-hydrogen) atoms. The first-order chi connectivity index (χ1) is 14.8. The van der Waals surface area contributed by atoms with Crippen molar-refractivity contribution in [2.24, 2.45) is 0 Å². The van der Waals surface area contributed by atoms with E-state index in [2.05, 4.69) is 10.5 Å². The third-order valence-corrected chi connectivity index (χ3v) is 6.71. The van der Waals surface area contributed by atoms with Gasteiger partial charge in [0.05, 0.1) is 17.0 Å². The van der Waals surface area contributed by atoms with E-state index in [-0.39, 0.29) is 28.3 Å². The van der Waals surface area contributed by atoms with Gasteiger partial charge in [-0.15, -0.1) is 0 Å². The maximum Gasteiger partial charge on any atom is 0.251 e. The fraction of sp³-hybridized carbons (Fsp3) is 0.238. The lowest BCUT2D eigenvalue weighted by atomic mass is 10.1. The van der Waals surface area contributed by atoms with Gasteiger partial charge in [-0.3, -0.25) is 4.79 Å². The second kappa shape index (κ2) is 9.36. The average molecular weight is 449 g/mol. The lowest BCUT2D eigenvalue weighted by Crippen LogP contribution is -2.30. The summed E-state index contributed by atoms with van der Waals surface area (Å²) in [7, 11) is -3.60. The topological polar surface area (TPSA) is 92.5 Å². The summed E-state index contributed by atoms with van der Waals surface area (Å²) in [5, 5.41) is 6.40. The van der Waals surface area contributed by atoms with Crippen LogP contribution in [0.1, 0.15) is 29.9 Å². The summed E-state index contributed by atoms with van der Waals surface area (Å²) in [6.07, 6.45) is 0. The molecule has 0 aliphatic carbocycles. The van der Waals surface area contributed by atoms with E-state index in [1.54, 1.807) is 13.8 Å². The maximum atomic E-state index is 13.8. The van der Waals surface area contributed by atoms with Crippen LogP contribution in [0.2, 0.25) is 0 Å². The van der Waals surface area contributed by atoms with Gasteiger partial charge in [0.1, 0.15) is 17.3 Å². The van der Waals surface area contributed by atoms with E-state index in [1.807, 2.05) is 0 Å². The number of aromatic nitrogens is 1. The Labute approximate surface area is 178 Å². The summed E-state index contributed by atoms with van der Waals surface area (Å²) in [6.45, 7) is 4.21. The van der Waals surface area contributed by atoms with Crippen LogP contribution in [0.3, 0.4) is 0 Å². The van der Waals surface area contributed by atoms with Crippen LogP contribution in [0.15, 0.2) is 57.9 Å². The monoisotopic (exact) mass is 449 g/mol. The fourth-order valence-electron chi connectivity index (χ4n) is 2.98. The molecule has 1 heterocycles. The molecule has 1 N–H and O–H groups in total. The van der Waals surface area contributed by atoms with Gasteiger partial charge in [0.15, 0.2) is 5.76 Å². The first-order valence-corrected chi connectivity index (χ1v) is 11.0. The van der Waals surface area contributed by atoms with Gasteiger partial charge in [-0.1, -0.05) is 19.0 Å². The van der Waals surface area contributed by atoms with Crippen LogP contribution >= 0.6 is 0 Å². The number of carbonyl (C=O) groups excluding carboxylic acids is 1. The molecule has 0 radical (unpaired) electrons. The van der Waals surface area contributed by atoms with Crippen molar-refractivity contribution in [1.82, 2.24) is 14.8 Å². The van der Waals surface area contributed by atoms with Crippen molar-refractivity contribution >= 4 is 15.9 Å². The molecule has 0 fully saturated rings. The number of benzene rings is 2. The number of hydrogen-bond donors (Lipinski definition) is 1. The van der Waals surface area contributed by atoms with E-state index >= 15 is 0 Å². The highest BCUT2D eigenvalue weighted by molar-refractivity contribution is 7.89. The smallest absolute Gasteiger partial charge is 0.251 e. The highest BCUT2D eigenvalue weighted by Crippen LogP contribution is 2.24. The Bertz CT molecular complexity index is 1170. The SMILES string of the molecule is CCN(CC)S(=O)(=O)c1ccc(C(=O)NCc2cc(-c3ccc(F)cc3F)on2)cc1. The number of nitrogens with one attached hydrogen (secondary N) is 1. The highest BCUT2D eigenvalue weighted by atomic mass is 32.2. The van der Waals surface area contributed by atoms with Gasteiger partial charge in [0.2, 0.25) is 10.0 Å². The van der Waals surface area contributed by atoms with Crippen molar-refractivity contribution in [3.63, 3.8) is 0 Å². The highest BCUT2D eigenvalue weighted by Gasteiger charge is 2.21. The van der Waals surface area contributed by atoms with E-state index in [4.69, 9.17) is 4.52 Å². The van der Waals surface area contributed by atoms with E-state index in [9.17, 15) is 22.0 Å². The first kappa shape index (κ1) is 22.6. The zero-order valence-corrected chi connectivity index (χ0v) is 17.7. The molecule has 7 nitrogen and oxygen atoms in total. The average Bonchev–Trinajstić information content (AvgIpc) is 3.21. The number of rotatable bonds is 8. The number of sulfonamides is 1. The molecule has 3 aromatic rings. The van der Waals surface area contributed by atoms with E-state index < -0.39 is 27.6 Å². The van der Waals surface area contributed by atoms with Crippen LogP contribution in [-0.2, 0) is 16.6 Å². The molecule has 0 saturated carbocycles. The van der Waals surface area contributed by atoms with Crippen molar-refractivity contribution in [2.45, 2.75) is 25.3 Å². The molecule has 0 atom stereocenters. The summed E-state index contributed by atoms with van der Waals surface area (Å²) in [5.74, 6) is -1.83. The predicted octanol–water partition coefficient (Wildman–Crippen LogP) is 3.58. The van der Waals surface area contributed by atoms with Crippen LogP contribution < -0.4 is 5.32 Å². The van der Waals surface area contributed by atoms with Crippen molar-refractivity contribution in [3.05, 3.63) is 71.4 Å². The van der Waals surface area contributed by atoms with Crippen molar-refractivity contribution in [3.8, 4) is 11.3 Å². The van der Waals surface area contributed by atoms with Gasteiger partial charge >= 0.3 is 0 Å². The van der Waals surface area contributed by atoms with Crippen LogP contribution in [0.5, 0.6) is 0 Å². The second-order valence-corrected chi connectivity index (χ2v) is 8.54. The van der Waals surface area contributed by atoms with Gasteiger partial charge in [-0.2, -0.15) is 4.31 Å². The summed E-state index contributed by atoms with van der Waals surface area (Å²) in [6, 6.07) is 10.1. The Morgan fingerprint density at radius 2 is 1.74 bits per heavy atom. The summed E-state index contributed by atoms with van der Waals surface area (Å²) in [4.78, 5) is 12.5. The van der Waals surface area contributed by atoms with E-state index in [0.717, 1.165) is 12.1 Å². The molecule has 1 aromatic heterocycles. The lowest BCUT2D eigenvalue weighted by molar-refractivity contribution is 0.0950. The zero-order chi connectivity index (χ0) is 22.6. The van der Waals surface area contributed by atoms with Crippen molar-refractivity contribution in [1.29, 1.82) is 0 Å². The van der Waals surface area contributed by atoms with Gasteiger partial charge < -0.3 is 9.84 Å². The molecule has 0 aliphatic rings. The molecule has 0 aliphatic heterocycles. The summed E-state index contributed by atoms with van der Waals surface area (Å²) < 4.78 is 58.3. The van der Waals surface area contributed by atoms with Crippen LogP contribution in [0.4, 0.5) is 8.78 Å². The summed E-state index contributed by atoms with van der Waals surface area (Å²) in [5.41, 5.74) is 0.663. The summed E-state index contributed by atoms with van der Waals surface area (Å²) >= 11 is 0. The van der Waals surface area contributed by atoms with Crippen molar-refractivity contribution < 1.29 is 26.5 Å². The Hall–Kier alpha value is -3.11. The van der Waals surface area contributed by atoms with Gasteiger partial charge in [0, 0.05) is 30.8 Å². The largest absolute Gasteiger partial charge is 0.356 e. The van der Waals surface area contributed by atoms with Gasteiger partial charge in [0.25, 0.3) is 5.91 Å². The van der Waals surface area contributed by atoms with E-state index in [1.165, 1.54) is 40.7 Å². The van der Waals surface area contributed by atoms with Crippen LogP contribution in [-0.4, -0.2) is 36.9 Å². The number of amides is 1. The Morgan fingerprint density at radius 1 is 1.06 bits per heavy atom. The first-order valence-electron chi connectivity index (χ1n) is 9.55. The van der Waals surface area contributed by atoms with Crippen molar-refractivity contribution in [2.75, 3.05) is 13.1 Å². The molecule has 3 rings (SSSR count). The standard InChI is InChI=1S/C21H21F2N3O4S/c1-3-26(4-2)31(28,29)17-8-5-14(6-9-17)21(27)24-13-16-12-20(30-25-16)18-10-7-15(22)11-19(18)23/h5-12H,3-4,13H2,1-2H3,(H,24,27). The molecule has 164 valence electrons. The molecule has 0 spiro atoms. The zero-order valence-electron chi connectivity index (χ0n) is 16.9. The maximum absolute atomic E-state index is 13.8. The third kappa shape index (κ3) is 4.97. The number of hydrogen-bond acceptors (Lipinski definition) is 5. The molecule has 2 aromatic carbocycles. The Kier molecular flexibility index (Phi) is 6.81. The molecule has 0 unspecified atom stereocenters. The molecular formula is C21H21F2N3O4S. The lowest BCUT2D eigenvalue weighted by Gasteiger charge is -2.18. The normalized spacial score (nSPS) is 11.6. The minimum atomic E-state index is -3.60. The quantitative estimate of drug-likeness (QED) is 0.568. The molecule has 0 saturated heterocycles. The number of halogens is 2. The van der Waals surface area contributed by atoms with Crippen LogP contribution in [0, 0.1) is 11.6 Å².